The summed E-state index contributed by atoms with van der Waals surface area (Å²) in [4.78, 5) is 23.2. The van der Waals surface area contributed by atoms with Crippen LogP contribution in [0, 0.1) is 5.41 Å². The van der Waals surface area contributed by atoms with Crippen molar-refractivity contribution < 1.29 is 9.59 Å². The van der Waals surface area contributed by atoms with Gasteiger partial charge in [-0.05, 0) is 31.5 Å². The molecule has 0 bridgehead atoms. The molecule has 1 aromatic carbocycles. The molecule has 0 aliphatic carbocycles. The number of hydrogen-bond donors (Lipinski definition) is 2. The number of carbonyl (C=O) groups is 2. The summed E-state index contributed by atoms with van der Waals surface area (Å²) in [6.45, 7) is 3.26. The maximum Gasteiger partial charge on any atom is 0.239 e. The van der Waals surface area contributed by atoms with E-state index in [2.05, 4.69) is 5.32 Å². The molecule has 0 aliphatic rings. The molecule has 17 heavy (non-hydrogen) atoms. The molecule has 1 unspecified atom stereocenters. The molecule has 0 aromatic heterocycles. The van der Waals surface area contributed by atoms with Gasteiger partial charge in [-0.1, -0.05) is 24.6 Å². The summed E-state index contributed by atoms with van der Waals surface area (Å²) in [5.41, 5.74) is 4.58. The number of nitrogens with two attached hydrogens (primary N) is 1. The molecule has 2 amide bonds. The van der Waals surface area contributed by atoms with E-state index in [1.54, 1.807) is 31.2 Å². The second kappa shape index (κ2) is 5.19. The molecule has 0 radical (unpaired) electrons. The standard InChI is InChI=1S/C12H15ClN2O2/c1-3-12(2,10(14)16)11(17)15-9-6-4-5-8(13)7-9/h4-7H,3H2,1-2H3,(H2,14,16)(H,15,17). The van der Waals surface area contributed by atoms with Gasteiger partial charge in [-0.25, -0.2) is 0 Å². The third-order valence-electron chi connectivity index (χ3n) is 2.83. The molecule has 0 heterocycles. The highest BCUT2D eigenvalue weighted by atomic mass is 35.5. The van der Waals surface area contributed by atoms with Crippen molar-refractivity contribution in [2.45, 2.75) is 20.3 Å². The second-order valence-corrected chi connectivity index (χ2v) is 4.45. The average Bonchev–Trinajstić information content (AvgIpc) is 2.27. The van der Waals surface area contributed by atoms with Crippen LogP contribution in [-0.2, 0) is 9.59 Å². The highest BCUT2D eigenvalue weighted by Gasteiger charge is 2.37. The first-order chi connectivity index (χ1) is 7.90. The van der Waals surface area contributed by atoms with Gasteiger partial charge in [-0.2, -0.15) is 0 Å². The number of benzene rings is 1. The van der Waals surface area contributed by atoms with E-state index in [-0.39, 0.29) is 0 Å². The van der Waals surface area contributed by atoms with E-state index in [1.807, 2.05) is 0 Å². The van der Waals surface area contributed by atoms with E-state index < -0.39 is 17.2 Å². The second-order valence-electron chi connectivity index (χ2n) is 4.01. The van der Waals surface area contributed by atoms with Gasteiger partial charge in [-0.3, -0.25) is 9.59 Å². The lowest BCUT2D eigenvalue weighted by Gasteiger charge is -2.23. The first-order valence-corrected chi connectivity index (χ1v) is 5.65. The lowest BCUT2D eigenvalue weighted by atomic mass is 9.85. The van der Waals surface area contributed by atoms with Gasteiger partial charge in [0.15, 0.2) is 0 Å². The number of anilines is 1. The fraction of sp³-hybridized carbons (Fsp3) is 0.333. The van der Waals surface area contributed by atoms with Gasteiger partial charge in [0, 0.05) is 10.7 Å². The maximum atomic E-state index is 12.0. The Morgan fingerprint density at radius 1 is 1.47 bits per heavy atom. The van der Waals surface area contributed by atoms with E-state index in [9.17, 15) is 9.59 Å². The van der Waals surface area contributed by atoms with Crippen molar-refractivity contribution >= 4 is 29.1 Å². The Balaban J connectivity index is 2.89. The lowest BCUT2D eigenvalue weighted by molar-refractivity contribution is -0.137. The first kappa shape index (κ1) is 13.5. The number of carbonyl (C=O) groups excluding carboxylic acids is 2. The topological polar surface area (TPSA) is 72.2 Å². The van der Waals surface area contributed by atoms with E-state index in [0.717, 1.165) is 0 Å². The van der Waals surface area contributed by atoms with Crippen LogP contribution in [0.25, 0.3) is 0 Å². The van der Waals surface area contributed by atoms with E-state index >= 15 is 0 Å². The zero-order valence-corrected chi connectivity index (χ0v) is 10.5. The summed E-state index contributed by atoms with van der Waals surface area (Å²) >= 11 is 5.80. The average molecular weight is 255 g/mol. The summed E-state index contributed by atoms with van der Waals surface area (Å²) < 4.78 is 0. The van der Waals surface area contributed by atoms with Crippen molar-refractivity contribution in [2.24, 2.45) is 11.1 Å². The van der Waals surface area contributed by atoms with Crippen LogP contribution in [0.1, 0.15) is 20.3 Å². The summed E-state index contributed by atoms with van der Waals surface area (Å²) in [5.74, 6) is -1.06. The minimum Gasteiger partial charge on any atom is -0.369 e. The predicted octanol–water partition coefficient (Wildman–Crippen LogP) is 2.18. The molecule has 1 atom stereocenters. The first-order valence-electron chi connectivity index (χ1n) is 5.27. The Bertz CT molecular complexity index is 448. The minimum atomic E-state index is -1.21. The molecule has 92 valence electrons. The largest absolute Gasteiger partial charge is 0.369 e. The maximum absolute atomic E-state index is 12.0. The van der Waals surface area contributed by atoms with Crippen LogP contribution in [0.4, 0.5) is 5.69 Å². The Morgan fingerprint density at radius 3 is 2.59 bits per heavy atom. The Hall–Kier alpha value is -1.55. The molecular weight excluding hydrogens is 240 g/mol. The van der Waals surface area contributed by atoms with Crippen LogP contribution < -0.4 is 11.1 Å². The van der Waals surface area contributed by atoms with Crippen molar-refractivity contribution in [3.05, 3.63) is 29.3 Å². The zero-order chi connectivity index (χ0) is 13.1. The lowest BCUT2D eigenvalue weighted by Crippen LogP contribution is -2.44. The molecule has 0 spiro atoms. The Morgan fingerprint density at radius 2 is 2.12 bits per heavy atom. The Kier molecular flexibility index (Phi) is 4.12. The molecular formula is C12H15ClN2O2. The fourth-order valence-corrected chi connectivity index (χ4v) is 1.47. The highest BCUT2D eigenvalue weighted by molar-refractivity contribution is 6.31. The molecule has 1 rings (SSSR count). The molecule has 3 N–H and O–H groups in total. The van der Waals surface area contributed by atoms with E-state index in [1.165, 1.54) is 6.92 Å². The minimum absolute atomic E-state index is 0.342. The molecule has 1 aromatic rings. The normalized spacial score (nSPS) is 13.8. The molecule has 0 saturated heterocycles. The monoisotopic (exact) mass is 254 g/mol. The third kappa shape index (κ3) is 2.97. The molecule has 0 aliphatic heterocycles. The Labute approximate surface area is 105 Å². The number of rotatable bonds is 4. The summed E-state index contributed by atoms with van der Waals surface area (Å²) in [7, 11) is 0. The van der Waals surface area contributed by atoms with Gasteiger partial charge in [0.05, 0.1) is 0 Å². The van der Waals surface area contributed by atoms with Gasteiger partial charge in [0.2, 0.25) is 11.8 Å². The van der Waals surface area contributed by atoms with Crippen LogP contribution in [-0.4, -0.2) is 11.8 Å². The summed E-state index contributed by atoms with van der Waals surface area (Å²) in [6, 6.07) is 6.72. The van der Waals surface area contributed by atoms with Crippen molar-refractivity contribution in [1.82, 2.24) is 0 Å². The van der Waals surface area contributed by atoms with Gasteiger partial charge in [0.25, 0.3) is 0 Å². The van der Waals surface area contributed by atoms with Gasteiger partial charge in [-0.15, -0.1) is 0 Å². The SMILES string of the molecule is CCC(C)(C(N)=O)C(=O)Nc1cccc(Cl)c1. The fourth-order valence-electron chi connectivity index (χ4n) is 1.28. The number of nitrogens with one attached hydrogen (secondary N) is 1. The number of amides is 2. The van der Waals surface area contributed by atoms with E-state index in [0.29, 0.717) is 17.1 Å². The smallest absolute Gasteiger partial charge is 0.239 e. The summed E-state index contributed by atoms with van der Waals surface area (Å²) in [6.07, 6.45) is 0.342. The molecule has 0 saturated carbocycles. The highest BCUT2D eigenvalue weighted by Crippen LogP contribution is 2.24. The number of halogens is 1. The van der Waals surface area contributed by atoms with Gasteiger partial charge in [0.1, 0.15) is 5.41 Å². The van der Waals surface area contributed by atoms with Crippen LogP contribution in [0.5, 0.6) is 0 Å². The van der Waals surface area contributed by atoms with Crippen LogP contribution >= 0.6 is 11.6 Å². The predicted molar refractivity (Wildman–Crippen MR) is 67.7 cm³/mol. The van der Waals surface area contributed by atoms with Gasteiger partial charge < -0.3 is 11.1 Å². The van der Waals surface area contributed by atoms with Crippen LogP contribution in [0.2, 0.25) is 5.02 Å². The molecule has 0 fully saturated rings. The van der Waals surface area contributed by atoms with Gasteiger partial charge >= 0.3 is 0 Å². The van der Waals surface area contributed by atoms with E-state index in [4.69, 9.17) is 17.3 Å². The zero-order valence-electron chi connectivity index (χ0n) is 9.79. The quantitative estimate of drug-likeness (QED) is 0.809. The molecule has 5 heteroatoms. The van der Waals surface area contributed by atoms with Crippen molar-refractivity contribution in [1.29, 1.82) is 0 Å². The van der Waals surface area contributed by atoms with Crippen LogP contribution in [0.3, 0.4) is 0 Å². The van der Waals surface area contributed by atoms with Crippen molar-refractivity contribution in [2.75, 3.05) is 5.32 Å². The molecule has 4 nitrogen and oxygen atoms in total. The summed E-state index contributed by atoms with van der Waals surface area (Å²) in [5, 5.41) is 3.15. The third-order valence-corrected chi connectivity index (χ3v) is 3.07. The number of hydrogen-bond acceptors (Lipinski definition) is 2. The van der Waals surface area contributed by atoms with Crippen molar-refractivity contribution in [3.63, 3.8) is 0 Å². The van der Waals surface area contributed by atoms with Crippen LogP contribution in [0.15, 0.2) is 24.3 Å². The number of primary amides is 1. The van der Waals surface area contributed by atoms with Crippen molar-refractivity contribution in [3.8, 4) is 0 Å².